The molecule has 4 heterocycles. The predicted molar refractivity (Wildman–Crippen MR) is 107 cm³/mol. The van der Waals surface area contributed by atoms with E-state index in [1.54, 1.807) is 18.2 Å². The Morgan fingerprint density at radius 1 is 1.25 bits per heavy atom. The van der Waals surface area contributed by atoms with Crippen molar-refractivity contribution in [2.75, 3.05) is 26.7 Å². The van der Waals surface area contributed by atoms with Gasteiger partial charge < -0.3 is 14.4 Å². The number of para-hydroxylation sites is 1. The lowest BCUT2D eigenvalue weighted by Gasteiger charge is -2.50. The fraction of sp³-hybridized carbons (Fsp3) is 0.455. The monoisotopic (exact) mass is 379 g/mol. The third-order valence-electron chi connectivity index (χ3n) is 6.44. The smallest absolute Gasteiger partial charge is 0.209 e. The lowest BCUT2D eigenvalue weighted by atomic mass is 9.90. The van der Waals surface area contributed by atoms with Crippen molar-refractivity contribution in [1.82, 2.24) is 9.99 Å². The van der Waals surface area contributed by atoms with Gasteiger partial charge in [0, 0.05) is 29.9 Å². The van der Waals surface area contributed by atoms with Crippen LogP contribution < -0.4 is 14.4 Å². The minimum atomic E-state index is -0.394. The maximum absolute atomic E-state index is 6.74. The second-order valence-corrected chi connectivity index (χ2v) is 7.88. The number of methoxy groups -OCH3 is 1. The molecule has 6 heteroatoms. The third-order valence-corrected chi connectivity index (χ3v) is 6.44. The molecule has 1 N–H and O–H groups in total. The van der Waals surface area contributed by atoms with Gasteiger partial charge in [0.05, 0.1) is 51.3 Å². The summed E-state index contributed by atoms with van der Waals surface area (Å²) in [6.45, 7) is 5.61. The van der Waals surface area contributed by atoms with Gasteiger partial charge in [0.1, 0.15) is 0 Å². The van der Waals surface area contributed by atoms with Gasteiger partial charge in [-0.2, -0.15) is 5.10 Å². The number of ether oxygens (including phenoxy) is 2. The summed E-state index contributed by atoms with van der Waals surface area (Å²) in [5, 5.41) is 7.35. The van der Waals surface area contributed by atoms with Crippen LogP contribution in [0.2, 0.25) is 0 Å². The van der Waals surface area contributed by atoms with Crippen LogP contribution in [-0.4, -0.2) is 48.2 Å². The second kappa shape index (κ2) is 6.78. The average molecular weight is 379 g/mol. The SMILES string of the molecule is CC[NH+]1CCC2(CC1)Oc1c(OC)cccc1[C@H]1CC(c3cccnc3)=NN12. The van der Waals surface area contributed by atoms with Crippen molar-refractivity contribution in [3.63, 3.8) is 0 Å². The van der Waals surface area contributed by atoms with Crippen LogP contribution in [-0.2, 0) is 0 Å². The van der Waals surface area contributed by atoms with E-state index in [2.05, 4.69) is 29.0 Å². The zero-order valence-electron chi connectivity index (χ0n) is 16.5. The van der Waals surface area contributed by atoms with Crippen LogP contribution in [0.4, 0.5) is 0 Å². The summed E-state index contributed by atoms with van der Waals surface area (Å²) in [5.41, 5.74) is 2.95. The summed E-state index contributed by atoms with van der Waals surface area (Å²) in [7, 11) is 1.72. The Kier molecular flexibility index (Phi) is 4.23. The minimum absolute atomic E-state index is 0.178. The number of hydrogen-bond acceptors (Lipinski definition) is 5. The Bertz CT molecular complexity index is 891. The van der Waals surface area contributed by atoms with Crippen molar-refractivity contribution in [3.8, 4) is 11.5 Å². The first-order valence-corrected chi connectivity index (χ1v) is 10.2. The van der Waals surface area contributed by atoms with E-state index < -0.39 is 5.72 Å². The highest BCUT2D eigenvalue weighted by Gasteiger charge is 2.53. The summed E-state index contributed by atoms with van der Waals surface area (Å²) in [6.07, 6.45) is 6.50. The van der Waals surface area contributed by atoms with E-state index in [9.17, 15) is 0 Å². The number of rotatable bonds is 3. The maximum atomic E-state index is 6.74. The number of nitrogens with one attached hydrogen (secondary N) is 1. The molecule has 1 aromatic heterocycles. The van der Waals surface area contributed by atoms with Gasteiger partial charge in [0.25, 0.3) is 0 Å². The molecule has 0 aliphatic carbocycles. The molecular weight excluding hydrogens is 352 g/mol. The first-order valence-electron chi connectivity index (χ1n) is 10.2. The van der Waals surface area contributed by atoms with Crippen LogP contribution >= 0.6 is 0 Å². The largest absolute Gasteiger partial charge is 0.493 e. The normalized spacial score (nSPS) is 28.4. The topological polar surface area (TPSA) is 51.4 Å². The van der Waals surface area contributed by atoms with Crippen LogP contribution in [0, 0.1) is 0 Å². The second-order valence-electron chi connectivity index (χ2n) is 7.88. The van der Waals surface area contributed by atoms with Crippen LogP contribution in [0.3, 0.4) is 0 Å². The van der Waals surface area contributed by atoms with Crippen molar-refractivity contribution in [2.24, 2.45) is 5.10 Å². The number of aromatic nitrogens is 1. The first-order chi connectivity index (χ1) is 13.7. The standard InChI is InChI=1S/C22H26N4O2/c1-3-25-12-9-22(10-13-25)26-19(14-18(24-26)16-6-5-11-23-15-16)17-7-4-8-20(27-2)21(17)28-22/h4-8,11,15,19H,3,9-10,12-14H2,1-2H3/p+1/t19-/m1/s1. The summed E-state index contributed by atoms with van der Waals surface area (Å²) < 4.78 is 12.4. The molecule has 0 saturated carbocycles. The van der Waals surface area contributed by atoms with E-state index in [-0.39, 0.29) is 6.04 Å². The highest BCUT2D eigenvalue weighted by Crippen LogP contribution is 2.52. The molecule has 0 radical (unpaired) electrons. The van der Waals surface area contributed by atoms with E-state index in [0.29, 0.717) is 0 Å². The number of fused-ring (bicyclic) bond motifs is 4. The summed E-state index contributed by atoms with van der Waals surface area (Å²) in [5.74, 6) is 1.71. The van der Waals surface area contributed by atoms with Gasteiger partial charge in [-0.15, -0.1) is 0 Å². The fourth-order valence-corrected chi connectivity index (χ4v) is 4.82. The molecule has 0 amide bonds. The van der Waals surface area contributed by atoms with E-state index >= 15 is 0 Å². The number of benzene rings is 1. The van der Waals surface area contributed by atoms with Gasteiger partial charge >= 0.3 is 0 Å². The van der Waals surface area contributed by atoms with Crippen molar-refractivity contribution in [3.05, 3.63) is 53.9 Å². The summed E-state index contributed by atoms with van der Waals surface area (Å²) in [6, 6.07) is 10.4. The van der Waals surface area contributed by atoms with E-state index in [1.807, 2.05) is 24.4 Å². The molecule has 3 aliphatic rings. The van der Waals surface area contributed by atoms with Gasteiger partial charge in [-0.25, -0.2) is 5.01 Å². The molecule has 28 heavy (non-hydrogen) atoms. The summed E-state index contributed by atoms with van der Waals surface area (Å²) in [4.78, 5) is 5.92. The number of piperidine rings is 1. The number of hydrazone groups is 1. The Balaban J connectivity index is 1.58. The average Bonchev–Trinajstić information content (AvgIpc) is 3.22. The van der Waals surface area contributed by atoms with Crippen molar-refractivity contribution in [1.29, 1.82) is 0 Å². The van der Waals surface area contributed by atoms with Crippen LogP contribution in [0.15, 0.2) is 47.8 Å². The molecule has 0 bridgehead atoms. The minimum Gasteiger partial charge on any atom is -0.493 e. The van der Waals surface area contributed by atoms with Crippen molar-refractivity contribution < 1.29 is 14.4 Å². The molecule has 3 aliphatic heterocycles. The molecule has 1 atom stereocenters. The number of hydrogen-bond donors (Lipinski definition) is 1. The fourth-order valence-electron chi connectivity index (χ4n) is 4.82. The Morgan fingerprint density at radius 2 is 2.11 bits per heavy atom. The highest BCUT2D eigenvalue weighted by atomic mass is 16.5. The molecule has 5 rings (SSSR count). The summed E-state index contributed by atoms with van der Waals surface area (Å²) >= 11 is 0. The van der Waals surface area contributed by atoms with Crippen LogP contribution in [0.5, 0.6) is 11.5 Å². The molecule has 6 nitrogen and oxygen atoms in total. The molecular formula is C22H27N4O2+. The molecule has 1 fully saturated rings. The van der Waals surface area contributed by atoms with Gasteiger partial charge in [-0.1, -0.05) is 18.2 Å². The Labute approximate surface area is 165 Å². The highest BCUT2D eigenvalue weighted by molar-refractivity contribution is 6.01. The molecule has 1 spiro atoms. The maximum Gasteiger partial charge on any atom is 0.209 e. The van der Waals surface area contributed by atoms with Crippen molar-refractivity contribution in [2.45, 2.75) is 38.0 Å². The molecule has 0 unspecified atom stereocenters. The number of likely N-dealkylation sites (tertiary alicyclic amines) is 1. The van der Waals surface area contributed by atoms with E-state index in [0.717, 1.165) is 67.2 Å². The molecule has 2 aromatic rings. The molecule has 1 aromatic carbocycles. The van der Waals surface area contributed by atoms with Crippen LogP contribution in [0.1, 0.15) is 43.4 Å². The number of quaternary nitrogens is 1. The molecule has 146 valence electrons. The Hall–Kier alpha value is -2.60. The van der Waals surface area contributed by atoms with Crippen molar-refractivity contribution >= 4 is 5.71 Å². The van der Waals surface area contributed by atoms with Gasteiger partial charge in [-0.05, 0) is 19.1 Å². The van der Waals surface area contributed by atoms with E-state index in [1.165, 1.54) is 0 Å². The number of nitrogens with zero attached hydrogens (tertiary/aromatic N) is 3. The quantitative estimate of drug-likeness (QED) is 0.887. The lowest BCUT2D eigenvalue weighted by molar-refractivity contribution is -0.906. The lowest BCUT2D eigenvalue weighted by Crippen LogP contribution is -3.13. The predicted octanol–water partition coefficient (Wildman–Crippen LogP) is 2.03. The van der Waals surface area contributed by atoms with Crippen LogP contribution in [0.25, 0.3) is 0 Å². The third kappa shape index (κ3) is 2.66. The molecule has 1 saturated heterocycles. The van der Waals surface area contributed by atoms with Gasteiger partial charge in [0.15, 0.2) is 11.5 Å². The zero-order chi connectivity index (χ0) is 19.1. The number of pyridine rings is 1. The first kappa shape index (κ1) is 17.5. The van der Waals surface area contributed by atoms with E-state index in [4.69, 9.17) is 14.6 Å². The van der Waals surface area contributed by atoms with Gasteiger partial charge in [0.2, 0.25) is 5.72 Å². The van der Waals surface area contributed by atoms with Gasteiger partial charge in [-0.3, -0.25) is 4.98 Å². The zero-order valence-corrected chi connectivity index (χ0v) is 16.5. The Morgan fingerprint density at radius 3 is 2.82 bits per heavy atom.